The molecule has 0 fully saturated rings. The summed E-state index contributed by atoms with van der Waals surface area (Å²) in [7, 11) is 0. The van der Waals surface area contributed by atoms with Gasteiger partial charge < -0.3 is 0 Å². The highest BCUT2D eigenvalue weighted by Crippen LogP contribution is 2.40. The average molecular weight is 407 g/mol. The highest BCUT2D eigenvalue weighted by Gasteiger charge is 2.17. The minimum atomic E-state index is 0.550. The fraction of sp³-hybridized carbons (Fsp3) is 0.290. The topological polar surface area (TPSA) is 0 Å². The van der Waals surface area contributed by atoms with Gasteiger partial charge in [0.2, 0.25) is 0 Å². The normalized spacial score (nSPS) is 12.3. The second-order valence-electron chi connectivity index (χ2n) is 8.95. The molecule has 4 aromatic carbocycles. The molecule has 31 heavy (non-hydrogen) atoms. The zero-order chi connectivity index (χ0) is 22.0. The number of hydrogen-bond acceptors (Lipinski definition) is 0. The predicted molar refractivity (Wildman–Crippen MR) is 137 cm³/mol. The summed E-state index contributed by atoms with van der Waals surface area (Å²) in [5.74, 6) is 0.550. The molecule has 158 valence electrons. The second kappa shape index (κ2) is 9.10. The Kier molecular flexibility index (Phi) is 6.28. The van der Waals surface area contributed by atoms with E-state index in [0.717, 1.165) is 19.3 Å². The van der Waals surface area contributed by atoms with Crippen LogP contribution in [0.5, 0.6) is 0 Å². The molecule has 0 aliphatic rings. The number of benzene rings is 4. The van der Waals surface area contributed by atoms with Crippen molar-refractivity contribution in [2.75, 3.05) is 0 Å². The van der Waals surface area contributed by atoms with Gasteiger partial charge in [0.15, 0.2) is 0 Å². The standard InChI is InChI=1S/C31H34/c1-6-12-25-18-17-24-13-8-9-15-27(24)31(25)30-20-29(22(4)19-23(30)5)28-16-11-10-14-26(28)21(3)7-2/h8-11,13-21H,6-7,12H2,1-5H3. The van der Waals surface area contributed by atoms with Gasteiger partial charge in [0.05, 0.1) is 0 Å². The largest absolute Gasteiger partial charge is 0.0651 e. The van der Waals surface area contributed by atoms with Crippen LogP contribution in [0.1, 0.15) is 61.8 Å². The molecule has 0 spiro atoms. The van der Waals surface area contributed by atoms with E-state index in [1.54, 1.807) is 0 Å². The molecule has 1 unspecified atom stereocenters. The van der Waals surface area contributed by atoms with Crippen molar-refractivity contribution in [3.8, 4) is 22.3 Å². The van der Waals surface area contributed by atoms with Crippen molar-refractivity contribution in [3.05, 3.63) is 95.1 Å². The van der Waals surface area contributed by atoms with Crippen LogP contribution in [-0.4, -0.2) is 0 Å². The zero-order valence-electron chi connectivity index (χ0n) is 19.6. The fourth-order valence-corrected chi connectivity index (χ4v) is 4.92. The molecule has 0 bridgehead atoms. The maximum absolute atomic E-state index is 2.47. The molecule has 0 radical (unpaired) electrons. The quantitative estimate of drug-likeness (QED) is 0.299. The van der Waals surface area contributed by atoms with Gasteiger partial charge in [-0.25, -0.2) is 0 Å². The van der Waals surface area contributed by atoms with Gasteiger partial charge in [-0.3, -0.25) is 0 Å². The van der Waals surface area contributed by atoms with E-state index in [4.69, 9.17) is 0 Å². The molecule has 0 nitrogen and oxygen atoms in total. The molecule has 1 atom stereocenters. The van der Waals surface area contributed by atoms with E-state index in [0.29, 0.717) is 5.92 Å². The van der Waals surface area contributed by atoms with Crippen LogP contribution < -0.4 is 0 Å². The van der Waals surface area contributed by atoms with Crippen LogP contribution in [-0.2, 0) is 6.42 Å². The van der Waals surface area contributed by atoms with Gasteiger partial charge in [0, 0.05) is 0 Å². The molecule has 0 saturated heterocycles. The third-order valence-corrected chi connectivity index (χ3v) is 6.77. The van der Waals surface area contributed by atoms with Gasteiger partial charge >= 0.3 is 0 Å². The van der Waals surface area contributed by atoms with Crippen LogP contribution in [0.15, 0.2) is 72.8 Å². The smallest absolute Gasteiger partial charge is 0.00704 e. The lowest BCUT2D eigenvalue weighted by Gasteiger charge is -2.21. The minimum Gasteiger partial charge on any atom is -0.0651 e. The molecular formula is C31H34. The van der Waals surface area contributed by atoms with Crippen molar-refractivity contribution in [1.29, 1.82) is 0 Å². The summed E-state index contributed by atoms with van der Waals surface area (Å²) in [5, 5.41) is 2.68. The van der Waals surface area contributed by atoms with Crippen LogP contribution >= 0.6 is 0 Å². The molecule has 0 aliphatic carbocycles. The van der Waals surface area contributed by atoms with Crippen LogP contribution in [0.4, 0.5) is 0 Å². The Bertz CT molecular complexity index is 1210. The number of aryl methyl sites for hydroxylation is 3. The number of hydrogen-bond donors (Lipinski definition) is 0. The van der Waals surface area contributed by atoms with Gasteiger partial charge in [0.1, 0.15) is 0 Å². The lowest BCUT2D eigenvalue weighted by atomic mass is 9.84. The monoisotopic (exact) mass is 406 g/mol. The summed E-state index contributed by atoms with van der Waals surface area (Å²) in [6.07, 6.45) is 3.41. The highest BCUT2D eigenvalue weighted by atomic mass is 14.2. The third kappa shape index (κ3) is 4.04. The van der Waals surface area contributed by atoms with Crippen LogP contribution in [0.25, 0.3) is 33.0 Å². The van der Waals surface area contributed by atoms with E-state index in [9.17, 15) is 0 Å². The van der Waals surface area contributed by atoms with E-state index in [-0.39, 0.29) is 0 Å². The number of fused-ring (bicyclic) bond motifs is 1. The molecule has 4 rings (SSSR count). The summed E-state index contributed by atoms with van der Waals surface area (Å²) in [6.45, 7) is 11.4. The molecule has 0 aromatic heterocycles. The summed E-state index contributed by atoms with van der Waals surface area (Å²) >= 11 is 0. The van der Waals surface area contributed by atoms with Gasteiger partial charge in [-0.2, -0.15) is 0 Å². The molecule has 0 saturated carbocycles. The Morgan fingerprint density at radius 3 is 2.19 bits per heavy atom. The molecular weight excluding hydrogens is 372 g/mol. The SMILES string of the molecule is CCCc1ccc2ccccc2c1-c1cc(-c2ccccc2C(C)CC)c(C)cc1C. The Labute approximate surface area is 188 Å². The second-order valence-corrected chi connectivity index (χ2v) is 8.95. The van der Waals surface area contributed by atoms with Gasteiger partial charge in [-0.05, 0) is 94.0 Å². The van der Waals surface area contributed by atoms with Crippen LogP contribution in [0, 0.1) is 13.8 Å². The summed E-state index contributed by atoms with van der Waals surface area (Å²) in [6, 6.07) is 27.3. The Balaban J connectivity index is 2.01. The minimum absolute atomic E-state index is 0.550. The number of rotatable bonds is 6. The van der Waals surface area contributed by atoms with E-state index >= 15 is 0 Å². The maximum Gasteiger partial charge on any atom is -0.00704 e. The van der Waals surface area contributed by atoms with Gasteiger partial charge in [0.25, 0.3) is 0 Å². The zero-order valence-corrected chi connectivity index (χ0v) is 19.6. The molecule has 0 N–H and O–H groups in total. The molecule has 0 heterocycles. The first-order valence-corrected chi connectivity index (χ1v) is 11.8. The first-order valence-electron chi connectivity index (χ1n) is 11.8. The summed E-state index contributed by atoms with van der Waals surface area (Å²) in [5.41, 5.74) is 11.2. The lowest BCUT2D eigenvalue weighted by Crippen LogP contribution is -1.99. The lowest BCUT2D eigenvalue weighted by molar-refractivity contribution is 0.735. The van der Waals surface area contributed by atoms with Gasteiger partial charge in [-0.1, -0.05) is 93.9 Å². The molecule has 0 amide bonds. The highest BCUT2D eigenvalue weighted by molar-refractivity contribution is 6.00. The van der Waals surface area contributed by atoms with Crippen LogP contribution in [0.2, 0.25) is 0 Å². The first kappa shape index (κ1) is 21.4. The predicted octanol–water partition coefficient (Wildman–Crippen LogP) is 9.26. The summed E-state index contributed by atoms with van der Waals surface area (Å²) in [4.78, 5) is 0. The van der Waals surface area contributed by atoms with Crippen molar-refractivity contribution < 1.29 is 0 Å². The molecule has 0 heteroatoms. The third-order valence-electron chi connectivity index (χ3n) is 6.77. The van der Waals surface area contributed by atoms with E-state index in [1.807, 2.05) is 0 Å². The van der Waals surface area contributed by atoms with Crippen molar-refractivity contribution in [3.63, 3.8) is 0 Å². The molecule has 4 aromatic rings. The van der Waals surface area contributed by atoms with Crippen molar-refractivity contribution >= 4 is 10.8 Å². The van der Waals surface area contributed by atoms with Gasteiger partial charge in [-0.15, -0.1) is 0 Å². The van der Waals surface area contributed by atoms with Crippen LogP contribution in [0.3, 0.4) is 0 Å². The van der Waals surface area contributed by atoms with Crippen molar-refractivity contribution in [2.24, 2.45) is 0 Å². The van der Waals surface area contributed by atoms with Crippen molar-refractivity contribution in [2.45, 2.75) is 59.8 Å². The van der Waals surface area contributed by atoms with Crippen molar-refractivity contribution in [1.82, 2.24) is 0 Å². The first-order chi connectivity index (χ1) is 15.0. The molecule has 0 aliphatic heterocycles. The van der Waals surface area contributed by atoms with E-state index in [1.165, 1.54) is 55.3 Å². The van der Waals surface area contributed by atoms with E-state index < -0.39 is 0 Å². The Morgan fingerprint density at radius 2 is 1.42 bits per heavy atom. The Morgan fingerprint density at radius 1 is 0.710 bits per heavy atom. The van der Waals surface area contributed by atoms with E-state index in [2.05, 4.69) is 107 Å². The fourth-order valence-electron chi connectivity index (χ4n) is 4.92. The average Bonchev–Trinajstić information content (AvgIpc) is 2.79. The maximum atomic E-state index is 2.47. The summed E-state index contributed by atoms with van der Waals surface area (Å²) < 4.78 is 0. The Hall–Kier alpha value is -2.86.